The van der Waals surface area contributed by atoms with Gasteiger partial charge in [0.05, 0.1) is 4.91 Å². The Morgan fingerprint density at radius 1 is 1.07 bits per heavy atom. The number of carbonyl (C=O) groups excluding carboxylic acids is 2. The van der Waals surface area contributed by atoms with Gasteiger partial charge >= 0.3 is 0 Å². The van der Waals surface area contributed by atoms with Crippen molar-refractivity contribution in [2.24, 2.45) is 0 Å². The second-order valence-electron chi connectivity index (χ2n) is 5.94. The van der Waals surface area contributed by atoms with Gasteiger partial charge in [-0.25, -0.2) is 0 Å². The molecule has 2 aromatic rings. The summed E-state index contributed by atoms with van der Waals surface area (Å²) in [7, 11) is 0. The molecule has 0 aliphatic carbocycles. The number of benzene rings is 2. The number of carbonyl (C=O) groups is 2. The van der Waals surface area contributed by atoms with Gasteiger partial charge in [-0.05, 0) is 48.4 Å². The molecule has 0 radical (unpaired) electrons. The number of hydrogen-bond donors (Lipinski definition) is 2. The van der Waals surface area contributed by atoms with Gasteiger partial charge in [0.25, 0.3) is 11.1 Å². The number of amides is 2. The van der Waals surface area contributed by atoms with Gasteiger partial charge in [-0.15, -0.1) is 0 Å². The fourth-order valence-corrected chi connectivity index (χ4v) is 3.26. The number of anilines is 1. The summed E-state index contributed by atoms with van der Waals surface area (Å²) in [5.41, 5.74) is 9.64. The highest BCUT2D eigenvalue weighted by atomic mass is 32.2. The number of nitrogens with one attached hydrogen (secondary N) is 1. The normalized spacial score (nSPS) is 15.0. The van der Waals surface area contributed by atoms with Gasteiger partial charge < -0.3 is 5.73 Å². The Kier molecular flexibility index (Phi) is 7.89. The Bertz CT molecular complexity index is 858. The van der Waals surface area contributed by atoms with E-state index in [2.05, 4.69) is 42.6 Å². The minimum atomic E-state index is -0.362. The number of aryl methyl sites for hydroxylation is 1. The van der Waals surface area contributed by atoms with Crippen molar-refractivity contribution in [3.63, 3.8) is 0 Å². The summed E-state index contributed by atoms with van der Waals surface area (Å²) in [5.74, 6) is -0.362. The summed E-state index contributed by atoms with van der Waals surface area (Å²) in [6, 6.07) is 16.0. The second kappa shape index (κ2) is 10.4. The van der Waals surface area contributed by atoms with Crippen LogP contribution in [0, 0.1) is 0 Å². The monoisotopic (exact) mass is 380 g/mol. The van der Waals surface area contributed by atoms with Crippen molar-refractivity contribution in [1.29, 1.82) is 0 Å². The lowest BCUT2D eigenvalue weighted by Crippen LogP contribution is -2.17. The van der Waals surface area contributed by atoms with E-state index in [9.17, 15) is 9.59 Å². The van der Waals surface area contributed by atoms with Crippen LogP contribution in [0.2, 0.25) is 0 Å². The van der Waals surface area contributed by atoms with Crippen molar-refractivity contribution in [1.82, 2.24) is 5.32 Å². The molecule has 3 N–H and O–H groups in total. The highest BCUT2D eigenvalue weighted by molar-refractivity contribution is 8.18. The van der Waals surface area contributed by atoms with Crippen LogP contribution in [-0.2, 0) is 11.2 Å². The van der Waals surface area contributed by atoms with Gasteiger partial charge in [0.2, 0.25) is 0 Å². The fraction of sp³-hybridized carbons (Fsp3) is 0.182. The number of thioether (sulfide) groups is 1. The van der Waals surface area contributed by atoms with E-state index in [0.717, 1.165) is 22.9 Å². The third-order valence-corrected chi connectivity index (χ3v) is 4.63. The van der Waals surface area contributed by atoms with Gasteiger partial charge in [-0.3, -0.25) is 14.9 Å². The van der Waals surface area contributed by atoms with Crippen LogP contribution in [0.4, 0.5) is 10.5 Å². The molecule has 4 nitrogen and oxygen atoms in total. The number of nitrogens with two attached hydrogens (primary N) is 1. The van der Waals surface area contributed by atoms with E-state index >= 15 is 0 Å². The standard InChI is InChI=1S/C13H12N2O2S.C9H12/c1-2-4-9-8(5-3-6-10(9)14)7-11-12(16)15-13(17)18-11;1-2-6-9-7-4-3-5-8-9/h2-7H,14H2,1H3,(H,15,16,17);3-5,7-8H,2,6H2,1H3/b4-2-,11-7-;. The van der Waals surface area contributed by atoms with Crippen LogP contribution in [0.3, 0.4) is 0 Å². The molecule has 5 heteroatoms. The molecule has 1 aliphatic heterocycles. The first-order valence-electron chi connectivity index (χ1n) is 8.85. The molecular formula is C22H24N2O2S. The molecule has 0 spiro atoms. The Morgan fingerprint density at radius 2 is 1.81 bits per heavy atom. The second-order valence-corrected chi connectivity index (χ2v) is 6.95. The molecular weight excluding hydrogens is 356 g/mol. The Morgan fingerprint density at radius 3 is 2.41 bits per heavy atom. The summed E-state index contributed by atoms with van der Waals surface area (Å²) in [5, 5.41) is 1.88. The predicted molar refractivity (Wildman–Crippen MR) is 115 cm³/mol. The smallest absolute Gasteiger partial charge is 0.290 e. The van der Waals surface area contributed by atoms with Crippen LogP contribution < -0.4 is 11.1 Å². The zero-order chi connectivity index (χ0) is 19.6. The summed E-state index contributed by atoms with van der Waals surface area (Å²) in [6.07, 6.45) is 7.88. The largest absolute Gasteiger partial charge is 0.398 e. The average molecular weight is 381 g/mol. The maximum Gasteiger partial charge on any atom is 0.290 e. The van der Waals surface area contributed by atoms with E-state index in [1.54, 1.807) is 12.1 Å². The van der Waals surface area contributed by atoms with Gasteiger partial charge in [0.1, 0.15) is 0 Å². The van der Waals surface area contributed by atoms with E-state index in [-0.39, 0.29) is 11.1 Å². The molecule has 1 fully saturated rings. The summed E-state index contributed by atoms with van der Waals surface area (Å²) < 4.78 is 0. The molecule has 0 bridgehead atoms. The molecule has 2 aromatic carbocycles. The first-order chi connectivity index (χ1) is 13.0. The maximum absolute atomic E-state index is 11.5. The minimum absolute atomic E-state index is 0.345. The topological polar surface area (TPSA) is 72.2 Å². The van der Waals surface area contributed by atoms with Crippen molar-refractivity contribution in [2.45, 2.75) is 26.7 Å². The van der Waals surface area contributed by atoms with Crippen molar-refractivity contribution >= 4 is 40.7 Å². The number of rotatable bonds is 4. The SMILES string of the molecule is C/C=C\c1c(N)cccc1/C=C1\SC(=O)NC1=O.CCCc1ccccc1. The molecule has 27 heavy (non-hydrogen) atoms. The fourth-order valence-electron chi connectivity index (χ4n) is 2.58. The Balaban J connectivity index is 0.000000244. The first kappa shape index (κ1) is 20.5. The zero-order valence-electron chi connectivity index (χ0n) is 15.6. The van der Waals surface area contributed by atoms with Crippen LogP contribution in [-0.4, -0.2) is 11.1 Å². The summed E-state index contributed by atoms with van der Waals surface area (Å²) in [6.45, 7) is 4.09. The van der Waals surface area contributed by atoms with Crippen molar-refractivity contribution in [2.75, 3.05) is 5.73 Å². The molecule has 0 saturated carbocycles. The van der Waals surface area contributed by atoms with Crippen molar-refractivity contribution in [3.05, 3.63) is 76.2 Å². The quantitative estimate of drug-likeness (QED) is 0.560. The van der Waals surface area contributed by atoms with E-state index < -0.39 is 0 Å². The number of allylic oxidation sites excluding steroid dienone is 1. The van der Waals surface area contributed by atoms with Crippen LogP contribution in [0.25, 0.3) is 12.2 Å². The molecule has 3 rings (SSSR count). The van der Waals surface area contributed by atoms with Crippen LogP contribution in [0.5, 0.6) is 0 Å². The number of hydrogen-bond acceptors (Lipinski definition) is 4. The number of nitrogen functional groups attached to an aromatic ring is 1. The highest BCUT2D eigenvalue weighted by Gasteiger charge is 2.25. The molecule has 2 amide bonds. The lowest BCUT2D eigenvalue weighted by atomic mass is 10.0. The molecule has 0 aromatic heterocycles. The summed E-state index contributed by atoms with van der Waals surface area (Å²) in [4.78, 5) is 22.9. The van der Waals surface area contributed by atoms with Crippen LogP contribution in [0.1, 0.15) is 37.0 Å². The molecule has 1 aliphatic rings. The number of imide groups is 1. The molecule has 0 unspecified atom stereocenters. The Hall–Kier alpha value is -2.79. The minimum Gasteiger partial charge on any atom is -0.398 e. The van der Waals surface area contributed by atoms with Gasteiger partial charge in [-0.2, -0.15) is 0 Å². The van der Waals surface area contributed by atoms with Crippen LogP contribution in [0.15, 0.2) is 59.5 Å². The lowest BCUT2D eigenvalue weighted by molar-refractivity contribution is -0.115. The maximum atomic E-state index is 11.5. The van der Waals surface area contributed by atoms with Crippen molar-refractivity contribution in [3.8, 4) is 0 Å². The van der Waals surface area contributed by atoms with E-state index in [0.29, 0.717) is 10.6 Å². The average Bonchev–Trinajstić information content (AvgIpc) is 2.97. The lowest BCUT2D eigenvalue weighted by Gasteiger charge is -2.05. The van der Waals surface area contributed by atoms with Gasteiger partial charge in [-0.1, -0.05) is 68.0 Å². The molecule has 1 heterocycles. The summed E-state index contributed by atoms with van der Waals surface area (Å²) >= 11 is 0.898. The predicted octanol–water partition coefficient (Wildman–Crippen LogP) is 5.26. The highest BCUT2D eigenvalue weighted by Crippen LogP contribution is 2.28. The third-order valence-electron chi connectivity index (χ3n) is 3.82. The van der Waals surface area contributed by atoms with Gasteiger partial charge in [0.15, 0.2) is 0 Å². The molecule has 140 valence electrons. The van der Waals surface area contributed by atoms with Gasteiger partial charge in [0, 0.05) is 11.3 Å². The third kappa shape index (κ3) is 6.15. The molecule has 1 saturated heterocycles. The van der Waals surface area contributed by atoms with Crippen LogP contribution >= 0.6 is 11.8 Å². The van der Waals surface area contributed by atoms with E-state index in [1.165, 1.54) is 18.4 Å². The van der Waals surface area contributed by atoms with Crippen molar-refractivity contribution < 1.29 is 9.59 Å². The first-order valence-corrected chi connectivity index (χ1v) is 9.66. The molecule has 0 atom stereocenters. The van der Waals surface area contributed by atoms with E-state index in [1.807, 2.05) is 31.2 Å². The Labute approximate surface area is 164 Å². The zero-order valence-corrected chi connectivity index (χ0v) is 16.4. The van der Waals surface area contributed by atoms with E-state index in [4.69, 9.17) is 5.73 Å².